The number of nitrogens with zero attached hydrogens (tertiary/aromatic N) is 1. The maximum absolute atomic E-state index is 11.4. The van der Waals surface area contributed by atoms with E-state index in [1.165, 1.54) is 6.07 Å². The predicted octanol–water partition coefficient (Wildman–Crippen LogP) is -0.623. The van der Waals surface area contributed by atoms with Crippen LogP contribution in [0.25, 0.3) is 0 Å². The number of H-pyrrole nitrogens is 1. The van der Waals surface area contributed by atoms with Crippen LogP contribution in [0.2, 0.25) is 0 Å². The summed E-state index contributed by atoms with van der Waals surface area (Å²) in [6.45, 7) is 0.491. The fraction of sp³-hybridized carbons (Fsp3) is 0.444. The monoisotopic (exact) mass is 225 g/mol. The minimum Gasteiger partial charge on any atom is -0.382 e. The summed E-state index contributed by atoms with van der Waals surface area (Å²) in [4.78, 5) is 21.9. The molecule has 0 atom stereocenters. The van der Waals surface area contributed by atoms with Gasteiger partial charge in [0.1, 0.15) is 11.5 Å². The zero-order chi connectivity index (χ0) is 12.0. The van der Waals surface area contributed by atoms with Crippen LogP contribution in [0.3, 0.4) is 0 Å². The van der Waals surface area contributed by atoms with Crippen molar-refractivity contribution in [3.05, 3.63) is 11.8 Å². The van der Waals surface area contributed by atoms with Crippen molar-refractivity contribution in [1.82, 2.24) is 15.5 Å². The van der Waals surface area contributed by atoms with Gasteiger partial charge in [-0.3, -0.25) is 14.7 Å². The van der Waals surface area contributed by atoms with E-state index < -0.39 is 0 Å². The topological polar surface area (TPSA) is 127 Å². The standard InChI is InChI=1S/C9H15N5O2/c10-7-5-6(13-14-7)9(16)12-4-2-1-3-8(11)15/h5H,1-4H2,(H2,11,15)(H,12,16)(H3,10,13,14). The Balaban J connectivity index is 2.18. The van der Waals surface area contributed by atoms with Crippen molar-refractivity contribution in [1.29, 1.82) is 0 Å². The molecule has 0 unspecified atom stereocenters. The minimum atomic E-state index is -0.326. The lowest BCUT2D eigenvalue weighted by molar-refractivity contribution is -0.118. The summed E-state index contributed by atoms with van der Waals surface area (Å²) in [6.07, 6.45) is 1.71. The number of nitrogen functional groups attached to an aromatic ring is 1. The summed E-state index contributed by atoms with van der Waals surface area (Å²) in [5.41, 5.74) is 10.7. The third-order valence-corrected chi connectivity index (χ3v) is 1.98. The van der Waals surface area contributed by atoms with E-state index in [1.807, 2.05) is 0 Å². The highest BCUT2D eigenvalue weighted by Gasteiger charge is 2.07. The van der Waals surface area contributed by atoms with E-state index >= 15 is 0 Å². The van der Waals surface area contributed by atoms with Gasteiger partial charge in [-0.2, -0.15) is 5.10 Å². The number of hydrogen-bond donors (Lipinski definition) is 4. The van der Waals surface area contributed by atoms with E-state index in [0.29, 0.717) is 31.5 Å². The SMILES string of the molecule is NC(=O)CCCCNC(=O)c1cc(N)n[nH]1. The van der Waals surface area contributed by atoms with Crippen LogP contribution in [0, 0.1) is 0 Å². The van der Waals surface area contributed by atoms with Gasteiger partial charge in [0, 0.05) is 19.0 Å². The molecule has 0 radical (unpaired) electrons. The number of aromatic amines is 1. The summed E-state index contributed by atoms with van der Waals surface area (Å²) in [7, 11) is 0. The molecule has 0 spiro atoms. The van der Waals surface area contributed by atoms with Gasteiger partial charge in [0.25, 0.3) is 5.91 Å². The smallest absolute Gasteiger partial charge is 0.269 e. The normalized spacial score (nSPS) is 10.0. The number of carbonyl (C=O) groups is 2. The van der Waals surface area contributed by atoms with Crippen molar-refractivity contribution >= 4 is 17.6 Å². The van der Waals surface area contributed by atoms with Gasteiger partial charge in [-0.15, -0.1) is 0 Å². The molecule has 0 aliphatic heterocycles. The second-order valence-corrected chi connectivity index (χ2v) is 3.39. The number of rotatable bonds is 6. The average Bonchev–Trinajstić information content (AvgIpc) is 2.63. The van der Waals surface area contributed by atoms with Crippen LogP contribution in [-0.4, -0.2) is 28.6 Å². The number of aromatic nitrogens is 2. The highest BCUT2D eigenvalue weighted by Crippen LogP contribution is 2.00. The van der Waals surface area contributed by atoms with Crippen LogP contribution in [0.4, 0.5) is 5.82 Å². The van der Waals surface area contributed by atoms with Gasteiger partial charge in [0.15, 0.2) is 0 Å². The number of carbonyl (C=O) groups excluding carboxylic acids is 2. The molecule has 0 saturated heterocycles. The fourth-order valence-corrected chi connectivity index (χ4v) is 1.17. The van der Waals surface area contributed by atoms with Crippen LogP contribution in [0.5, 0.6) is 0 Å². The molecule has 1 rings (SSSR count). The Labute approximate surface area is 92.6 Å². The van der Waals surface area contributed by atoms with E-state index in [9.17, 15) is 9.59 Å². The number of nitrogens with two attached hydrogens (primary N) is 2. The maximum Gasteiger partial charge on any atom is 0.269 e. The van der Waals surface area contributed by atoms with Crippen molar-refractivity contribution in [2.75, 3.05) is 12.3 Å². The number of amides is 2. The van der Waals surface area contributed by atoms with Gasteiger partial charge in [-0.1, -0.05) is 0 Å². The summed E-state index contributed by atoms with van der Waals surface area (Å²) in [6, 6.07) is 1.46. The van der Waals surface area contributed by atoms with Crippen molar-refractivity contribution in [2.45, 2.75) is 19.3 Å². The Morgan fingerprint density at radius 2 is 2.19 bits per heavy atom. The average molecular weight is 225 g/mol. The highest BCUT2D eigenvalue weighted by atomic mass is 16.2. The zero-order valence-electron chi connectivity index (χ0n) is 8.82. The van der Waals surface area contributed by atoms with Crippen LogP contribution < -0.4 is 16.8 Å². The first-order valence-electron chi connectivity index (χ1n) is 4.97. The van der Waals surface area contributed by atoms with Gasteiger partial charge in [-0.25, -0.2) is 0 Å². The van der Waals surface area contributed by atoms with Crippen molar-refractivity contribution in [2.24, 2.45) is 5.73 Å². The summed E-state index contributed by atoms with van der Waals surface area (Å²) in [5.74, 6) is -0.310. The van der Waals surface area contributed by atoms with Crippen LogP contribution in [0.1, 0.15) is 29.8 Å². The lowest BCUT2D eigenvalue weighted by atomic mass is 10.2. The molecule has 1 aromatic heterocycles. The Morgan fingerprint density at radius 1 is 1.44 bits per heavy atom. The third-order valence-electron chi connectivity index (χ3n) is 1.98. The van der Waals surface area contributed by atoms with E-state index in [4.69, 9.17) is 11.5 Å². The molecule has 1 heterocycles. The molecule has 0 fully saturated rings. The van der Waals surface area contributed by atoms with Gasteiger partial charge in [0.05, 0.1) is 0 Å². The lowest BCUT2D eigenvalue weighted by Crippen LogP contribution is -2.25. The Kier molecular flexibility index (Phi) is 4.31. The molecule has 0 saturated carbocycles. The first-order chi connectivity index (χ1) is 7.59. The molecule has 88 valence electrons. The molecule has 7 nitrogen and oxygen atoms in total. The molecule has 2 amide bonds. The third kappa shape index (κ3) is 3.99. The highest BCUT2D eigenvalue weighted by molar-refractivity contribution is 5.92. The minimum absolute atomic E-state index is 0.261. The Morgan fingerprint density at radius 3 is 2.75 bits per heavy atom. The Hall–Kier alpha value is -2.05. The molecular formula is C9H15N5O2. The Bertz CT molecular complexity index is 374. The summed E-state index contributed by atoms with van der Waals surface area (Å²) in [5, 5.41) is 8.81. The van der Waals surface area contributed by atoms with Gasteiger partial charge >= 0.3 is 0 Å². The quantitative estimate of drug-likeness (QED) is 0.481. The van der Waals surface area contributed by atoms with Crippen molar-refractivity contribution in [3.63, 3.8) is 0 Å². The molecule has 6 N–H and O–H groups in total. The maximum atomic E-state index is 11.4. The van der Waals surface area contributed by atoms with Crippen LogP contribution in [0.15, 0.2) is 6.07 Å². The number of nitrogens with one attached hydrogen (secondary N) is 2. The van der Waals surface area contributed by atoms with E-state index in [2.05, 4.69) is 15.5 Å². The molecule has 0 aliphatic carbocycles. The van der Waals surface area contributed by atoms with Crippen LogP contribution >= 0.6 is 0 Å². The lowest BCUT2D eigenvalue weighted by Gasteiger charge is -2.02. The summed E-state index contributed by atoms with van der Waals surface area (Å²) < 4.78 is 0. The number of hydrogen-bond acceptors (Lipinski definition) is 4. The second kappa shape index (κ2) is 5.74. The molecule has 16 heavy (non-hydrogen) atoms. The van der Waals surface area contributed by atoms with Gasteiger partial charge in [0.2, 0.25) is 5.91 Å². The number of anilines is 1. The van der Waals surface area contributed by atoms with Crippen molar-refractivity contribution < 1.29 is 9.59 Å². The van der Waals surface area contributed by atoms with E-state index in [-0.39, 0.29) is 17.6 Å². The van der Waals surface area contributed by atoms with Crippen molar-refractivity contribution in [3.8, 4) is 0 Å². The molecule has 1 aromatic rings. The molecule has 7 heteroatoms. The predicted molar refractivity (Wildman–Crippen MR) is 58.4 cm³/mol. The molecule has 0 bridgehead atoms. The zero-order valence-corrected chi connectivity index (χ0v) is 8.82. The number of unbranched alkanes of at least 4 members (excludes halogenated alkanes) is 1. The number of primary amides is 1. The fourth-order valence-electron chi connectivity index (χ4n) is 1.17. The van der Waals surface area contributed by atoms with Gasteiger partial charge < -0.3 is 16.8 Å². The molecule has 0 aliphatic rings. The van der Waals surface area contributed by atoms with E-state index in [1.54, 1.807) is 0 Å². The molecule has 0 aromatic carbocycles. The van der Waals surface area contributed by atoms with E-state index in [0.717, 1.165) is 0 Å². The first-order valence-corrected chi connectivity index (χ1v) is 4.97. The van der Waals surface area contributed by atoms with Gasteiger partial charge in [-0.05, 0) is 12.8 Å². The first kappa shape index (κ1) is 12.0. The van der Waals surface area contributed by atoms with Crippen LogP contribution in [-0.2, 0) is 4.79 Å². The summed E-state index contributed by atoms with van der Waals surface area (Å²) >= 11 is 0. The second-order valence-electron chi connectivity index (χ2n) is 3.39. The molecular weight excluding hydrogens is 210 g/mol. The largest absolute Gasteiger partial charge is 0.382 e.